The van der Waals surface area contributed by atoms with Crippen LogP contribution in [-0.2, 0) is 0 Å². The highest BCUT2D eigenvalue weighted by Crippen LogP contribution is 2.30. The number of H-pyrrole nitrogens is 1. The Morgan fingerprint density at radius 1 is 1.28 bits per heavy atom. The van der Waals surface area contributed by atoms with Crippen LogP contribution in [0, 0.1) is 5.92 Å². The van der Waals surface area contributed by atoms with Crippen molar-refractivity contribution in [2.75, 3.05) is 5.75 Å². The maximum absolute atomic E-state index is 5.97. The van der Waals surface area contributed by atoms with Gasteiger partial charge in [-0.05, 0) is 37.0 Å². The van der Waals surface area contributed by atoms with Gasteiger partial charge in [-0.2, -0.15) is 0 Å². The molecule has 1 aliphatic rings. The molecule has 1 aromatic heterocycles. The first-order chi connectivity index (χ1) is 8.81. The van der Waals surface area contributed by atoms with Gasteiger partial charge in [-0.3, -0.25) is 0 Å². The topological polar surface area (TPSA) is 28.7 Å². The van der Waals surface area contributed by atoms with Gasteiger partial charge in [0, 0.05) is 10.8 Å². The van der Waals surface area contributed by atoms with Crippen molar-refractivity contribution in [3.8, 4) is 0 Å². The first-order valence-electron chi connectivity index (χ1n) is 6.59. The van der Waals surface area contributed by atoms with E-state index in [0.717, 1.165) is 27.1 Å². The number of rotatable bonds is 3. The summed E-state index contributed by atoms with van der Waals surface area (Å²) in [6, 6.07) is 5.80. The molecule has 0 aliphatic heterocycles. The second kappa shape index (κ2) is 5.54. The van der Waals surface area contributed by atoms with Crippen molar-refractivity contribution >= 4 is 34.4 Å². The lowest BCUT2D eigenvalue weighted by molar-refractivity contribution is 0.391. The van der Waals surface area contributed by atoms with Gasteiger partial charge < -0.3 is 4.98 Å². The minimum absolute atomic E-state index is 0.759. The lowest BCUT2D eigenvalue weighted by Crippen LogP contribution is -2.08. The molecule has 0 atom stereocenters. The summed E-state index contributed by atoms with van der Waals surface area (Å²) < 4.78 is 0. The van der Waals surface area contributed by atoms with E-state index in [0.29, 0.717) is 0 Å². The van der Waals surface area contributed by atoms with E-state index in [-0.39, 0.29) is 0 Å². The number of nitrogens with zero attached hydrogens (tertiary/aromatic N) is 1. The zero-order chi connectivity index (χ0) is 12.4. The highest BCUT2D eigenvalue weighted by Gasteiger charge is 2.14. The van der Waals surface area contributed by atoms with Gasteiger partial charge in [0.2, 0.25) is 0 Å². The van der Waals surface area contributed by atoms with Crippen molar-refractivity contribution in [2.24, 2.45) is 5.92 Å². The maximum Gasteiger partial charge on any atom is 0.166 e. The van der Waals surface area contributed by atoms with Crippen LogP contribution in [0.1, 0.15) is 32.1 Å². The average molecular weight is 281 g/mol. The first-order valence-corrected chi connectivity index (χ1v) is 7.96. The normalized spacial score (nSPS) is 17.4. The third-order valence-electron chi connectivity index (χ3n) is 3.60. The third kappa shape index (κ3) is 2.83. The first kappa shape index (κ1) is 12.4. The van der Waals surface area contributed by atoms with Crippen LogP contribution in [0.2, 0.25) is 5.02 Å². The van der Waals surface area contributed by atoms with Gasteiger partial charge in [0.1, 0.15) is 0 Å². The number of halogens is 1. The Labute approximate surface area is 117 Å². The molecule has 1 aliphatic carbocycles. The Kier molecular flexibility index (Phi) is 3.80. The highest BCUT2D eigenvalue weighted by atomic mass is 35.5. The number of nitrogens with one attached hydrogen (secondary N) is 1. The van der Waals surface area contributed by atoms with E-state index in [1.165, 1.54) is 37.9 Å². The second-order valence-corrected chi connectivity index (χ2v) is 6.46. The average Bonchev–Trinajstić information content (AvgIpc) is 2.79. The van der Waals surface area contributed by atoms with E-state index in [1.807, 2.05) is 30.0 Å². The number of aromatic nitrogens is 2. The van der Waals surface area contributed by atoms with Gasteiger partial charge >= 0.3 is 0 Å². The van der Waals surface area contributed by atoms with Crippen LogP contribution in [0.4, 0.5) is 0 Å². The molecule has 2 aromatic rings. The van der Waals surface area contributed by atoms with Gasteiger partial charge in [-0.1, -0.05) is 42.6 Å². The zero-order valence-electron chi connectivity index (χ0n) is 10.3. The lowest BCUT2D eigenvalue weighted by Gasteiger charge is -2.20. The van der Waals surface area contributed by atoms with Crippen molar-refractivity contribution < 1.29 is 0 Å². The molecule has 1 aromatic carbocycles. The fraction of sp³-hybridized carbons (Fsp3) is 0.500. The molecule has 18 heavy (non-hydrogen) atoms. The fourth-order valence-electron chi connectivity index (χ4n) is 2.58. The van der Waals surface area contributed by atoms with E-state index < -0.39 is 0 Å². The van der Waals surface area contributed by atoms with E-state index >= 15 is 0 Å². The number of hydrogen-bond acceptors (Lipinski definition) is 2. The Morgan fingerprint density at radius 3 is 2.94 bits per heavy atom. The summed E-state index contributed by atoms with van der Waals surface area (Å²) in [4.78, 5) is 7.93. The van der Waals surface area contributed by atoms with Gasteiger partial charge in [0.15, 0.2) is 5.16 Å². The molecule has 1 fully saturated rings. The summed E-state index contributed by atoms with van der Waals surface area (Å²) in [6.07, 6.45) is 7.00. The van der Waals surface area contributed by atoms with Crippen molar-refractivity contribution in [3.05, 3.63) is 23.2 Å². The third-order valence-corrected chi connectivity index (χ3v) is 4.94. The van der Waals surface area contributed by atoms with Crippen LogP contribution >= 0.6 is 23.4 Å². The number of aromatic amines is 1. The number of thioether (sulfide) groups is 1. The predicted octanol–water partition coefficient (Wildman–Crippen LogP) is 4.89. The molecule has 0 radical (unpaired) electrons. The Balaban J connectivity index is 1.67. The van der Waals surface area contributed by atoms with Crippen LogP contribution in [0.3, 0.4) is 0 Å². The fourth-order valence-corrected chi connectivity index (χ4v) is 3.82. The molecule has 0 amide bonds. The van der Waals surface area contributed by atoms with Crippen molar-refractivity contribution in [1.82, 2.24) is 9.97 Å². The summed E-state index contributed by atoms with van der Waals surface area (Å²) in [6.45, 7) is 0. The smallest absolute Gasteiger partial charge is 0.166 e. The van der Waals surface area contributed by atoms with Gasteiger partial charge in [-0.15, -0.1) is 0 Å². The van der Waals surface area contributed by atoms with Gasteiger partial charge in [0.25, 0.3) is 0 Å². The van der Waals surface area contributed by atoms with Gasteiger partial charge in [0.05, 0.1) is 11.0 Å². The maximum atomic E-state index is 5.97. The molecule has 96 valence electrons. The number of fused-ring (bicyclic) bond motifs is 1. The van der Waals surface area contributed by atoms with E-state index in [2.05, 4.69) is 9.97 Å². The SMILES string of the molecule is Clc1ccc2nc(SCC3CCCCC3)[nH]c2c1. The molecule has 3 rings (SSSR count). The van der Waals surface area contributed by atoms with E-state index in [4.69, 9.17) is 11.6 Å². The summed E-state index contributed by atoms with van der Waals surface area (Å²) in [5.74, 6) is 2.06. The lowest BCUT2D eigenvalue weighted by atomic mass is 9.91. The van der Waals surface area contributed by atoms with Crippen LogP contribution in [0.5, 0.6) is 0 Å². The monoisotopic (exact) mass is 280 g/mol. The van der Waals surface area contributed by atoms with Crippen LogP contribution in [-0.4, -0.2) is 15.7 Å². The minimum atomic E-state index is 0.759. The highest BCUT2D eigenvalue weighted by molar-refractivity contribution is 7.99. The molecule has 1 N–H and O–H groups in total. The molecular formula is C14H17ClN2S. The molecule has 4 heteroatoms. The summed E-state index contributed by atoms with van der Waals surface area (Å²) in [5, 5.41) is 1.79. The van der Waals surface area contributed by atoms with Crippen LogP contribution < -0.4 is 0 Å². The molecule has 0 unspecified atom stereocenters. The molecule has 1 saturated carbocycles. The molecule has 0 spiro atoms. The molecule has 1 heterocycles. The van der Waals surface area contributed by atoms with Crippen molar-refractivity contribution in [3.63, 3.8) is 0 Å². The molecule has 2 nitrogen and oxygen atoms in total. The summed E-state index contributed by atoms with van der Waals surface area (Å²) >= 11 is 7.82. The second-order valence-electron chi connectivity index (χ2n) is 5.02. The molecular weight excluding hydrogens is 264 g/mol. The van der Waals surface area contributed by atoms with Crippen LogP contribution in [0.15, 0.2) is 23.4 Å². The van der Waals surface area contributed by atoms with Crippen molar-refractivity contribution in [2.45, 2.75) is 37.3 Å². The largest absolute Gasteiger partial charge is 0.333 e. The Bertz CT molecular complexity index is 532. The number of hydrogen-bond donors (Lipinski definition) is 1. The molecule has 0 bridgehead atoms. The zero-order valence-corrected chi connectivity index (χ0v) is 11.9. The standard InChI is InChI=1S/C14H17ClN2S/c15-11-6-7-12-13(8-11)17-14(16-12)18-9-10-4-2-1-3-5-10/h6-8,10H,1-5,9H2,(H,16,17). The van der Waals surface area contributed by atoms with Crippen LogP contribution in [0.25, 0.3) is 11.0 Å². The summed E-state index contributed by atoms with van der Waals surface area (Å²) in [7, 11) is 0. The Morgan fingerprint density at radius 2 is 2.11 bits per heavy atom. The van der Waals surface area contributed by atoms with Crippen molar-refractivity contribution in [1.29, 1.82) is 0 Å². The van der Waals surface area contributed by atoms with E-state index in [9.17, 15) is 0 Å². The summed E-state index contributed by atoms with van der Waals surface area (Å²) in [5.41, 5.74) is 2.04. The minimum Gasteiger partial charge on any atom is -0.333 e. The predicted molar refractivity (Wildman–Crippen MR) is 78.4 cm³/mol. The van der Waals surface area contributed by atoms with Gasteiger partial charge in [-0.25, -0.2) is 4.98 Å². The van der Waals surface area contributed by atoms with E-state index in [1.54, 1.807) is 0 Å². The number of imidazole rings is 1. The quantitative estimate of drug-likeness (QED) is 0.811. The Hall–Kier alpha value is -0.670. The number of benzene rings is 1. The molecule has 0 saturated heterocycles.